The van der Waals surface area contributed by atoms with Crippen LogP contribution in [0.2, 0.25) is 0 Å². The van der Waals surface area contributed by atoms with Gasteiger partial charge in [-0.25, -0.2) is 4.98 Å². The fraction of sp³-hybridized carbons (Fsp3) is 0.185. The average molecular weight is 443 g/mol. The highest BCUT2D eigenvalue weighted by molar-refractivity contribution is 7.13. The van der Waals surface area contributed by atoms with Crippen molar-refractivity contribution < 1.29 is 9.53 Å². The molecule has 1 unspecified atom stereocenters. The number of amides is 1. The summed E-state index contributed by atoms with van der Waals surface area (Å²) in [4.78, 5) is 17.4. The summed E-state index contributed by atoms with van der Waals surface area (Å²) in [6, 6.07) is 25.7. The average Bonchev–Trinajstić information content (AvgIpc) is 3.31. The van der Waals surface area contributed by atoms with Crippen LogP contribution in [0.5, 0.6) is 5.75 Å². The number of anilines is 1. The molecule has 4 nitrogen and oxygen atoms in total. The van der Waals surface area contributed by atoms with E-state index in [2.05, 4.69) is 36.7 Å². The number of rotatable bonds is 7. The quantitative estimate of drug-likeness (QED) is 0.335. The highest BCUT2D eigenvalue weighted by atomic mass is 32.1. The van der Waals surface area contributed by atoms with Gasteiger partial charge in [0.1, 0.15) is 10.8 Å². The number of benzene rings is 3. The van der Waals surface area contributed by atoms with E-state index in [1.807, 2.05) is 66.7 Å². The van der Waals surface area contributed by atoms with Crippen LogP contribution in [0.4, 0.5) is 5.69 Å². The molecule has 0 aliphatic heterocycles. The van der Waals surface area contributed by atoms with E-state index in [0.29, 0.717) is 5.92 Å². The molecule has 0 bridgehead atoms. The van der Waals surface area contributed by atoms with Crippen LogP contribution in [0.15, 0.2) is 84.2 Å². The number of nitrogens with one attached hydrogen (secondary N) is 1. The first-order chi connectivity index (χ1) is 15.5. The van der Waals surface area contributed by atoms with Crippen LogP contribution in [0.3, 0.4) is 0 Å². The number of aromatic nitrogens is 1. The molecule has 1 atom stereocenters. The lowest BCUT2D eigenvalue weighted by atomic mass is 10.0. The molecule has 1 heterocycles. The normalized spacial score (nSPS) is 11.9. The maximum absolute atomic E-state index is 12.7. The largest absolute Gasteiger partial charge is 0.481 e. The van der Waals surface area contributed by atoms with Gasteiger partial charge in [0.15, 0.2) is 6.10 Å². The summed E-state index contributed by atoms with van der Waals surface area (Å²) in [5.74, 6) is 0.886. The van der Waals surface area contributed by atoms with Crippen LogP contribution in [0, 0.1) is 0 Å². The van der Waals surface area contributed by atoms with Crippen LogP contribution >= 0.6 is 11.3 Å². The Morgan fingerprint density at radius 1 is 0.875 bits per heavy atom. The Morgan fingerprint density at radius 2 is 1.56 bits per heavy atom. The molecule has 5 heteroatoms. The van der Waals surface area contributed by atoms with Crippen LogP contribution < -0.4 is 10.1 Å². The van der Waals surface area contributed by atoms with Gasteiger partial charge in [0.05, 0.1) is 5.69 Å². The van der Waals surface area contributed by atoms with Crippen molar-refractivity contribution in [2.24, 2.45) is 0 Å². The molecule has 0 aliphatic carbocycles. The summed E-state index contributed by atoms with van der Waals surface area (Å²) < 4.78 is 5.96. The highest BCUT2D eigenvalue weighted by Crippen LogP contribution is 2.30. The first-order valence-electron chi connectivity index (χ1n) is 10.7. The molecule has 0 aliphatic rings. The van der Waals surface area contributed by atoms with Gasteiger partial charge in [-0.05, 0) is 36.6 Å². The highest BCUT2D eigenvalue weighted by Gasteiger charge is 2.17. The van der Waals surface area contributed by atoms with Crippen molar-refractivity contribution in [1.29, 1.82) is 0 Å². The molecule has 4 aromatic rings. The van der Waals surface area contributed by atoms with Gasteiger partial charge in [-0.3, -0.25) is 4.79 Å². The standard InChI is InChI=1S/C27H26N2O2S/c1-18(2)23-11-7-8-12-25(23)31-19(3)26(30)28-22-15-13-20(14-16-22)24-17-32-27(29-24)21-9-5-4-6-10-21/h4-19H,1-3H3,(H,28,30). The Hall–Kier alpha value is -3.44. The minimum Gasteiger partial charge on any atom is -0.481 e. The van der Waals surface area contributed by atoms with Crippen molar-refractivity contribution in [2.75, 3.05) is 5.32 Å². The molecule has 3 aromatic carbocycles. The van der Waals surface area contributed by atoms with Gasteiger partial charge in [0.25, 0.3) is 5.91 Å². The number of carbonyl (C=O) groups is 1. The molecule has 0 spiro atoms. The molecule has 0 saturated carbocycles. The van der Waals surface area contributed by atoms with Crippen molar-refractivity contribution in [3.63, 3.8) is 0 Å². The van der Waals surface area contributed by atoms with Crippen LogP contribution in [0.25, 0.3) is 21.8 Å². The number of nitrogens with zero attached hydrogens (tertiary/aromatic N) is 1. The zero-order chi connectivity index (χ0) is 22.5. The second-order valence-corrected chi connectivity index (χ2v) is 8.78. The van der Waals surface area contributed by atoms with Gasteiger partial charge in [0.2, 0.25) is 0 Å². The zero-order valence-electron chi connectivity index (χ0n) is 18.4. The number of thiazole rings is 1. The summed E-state index contributed by atoms with van der Waals surface area (Å²) in [5, 5.41) is 5.98. The molecule has 0 fully saturated rings. The van der Waals surface area contributed by atoms with E-state index in [1.165, 1.54) is 0 Å². The smallest absolute Gasteiger partial charge is 0.265 e. The molecule has 1 amide bonds. The van der Waals surface area contributed by atoms with Gasteiger partial charge in [0, 0.05) is 22.2 Å². The number of ether oxygens (including phenoxy) is 1. The Balaban J connectivity index is 1.41. The third-order valence-corrected chi connectivity index (χ3v) is 6.08. The van der Waals surface area contributed by atoms with E-state index in [4.69, 9.17) is 9.72 Å². The summed E-state index contributed by atoms with van der Waals surface area (Å²) in [7, 11) is 0. The first-order valence-corrected chi connectivity index (χ1v) is 11.6. The van der Waals surface area contributed by atoms with Gasteiger partial charge in [-0.15, -0.1) is 11.3 Å². The zero-order valence-corrected chi connectivity index (χ0v) is 19.2. The van der Waals surface area contributed by atoms with Gasteiger partial charge < -0.3 is 10.1 Å². The molecule has 0 saturated heterocycles. The lowest BCUT2D eigenvalue weighted by Gasteiger charge is -2.18. The second-order valence-electron chi connectivity index (χ2n) is 7.92. The van der Waals surface area contributed by atoms with E-state index in [-0.39, 0.29) is 5.91 Å². The molecule has 0 radical (unpaired) electrons. The molecular formula is C27H26N2O2S. The van der Waals surface area contributed by atoms with Crippen LogP contribution in [-0.2, 0) is 4.79 Å². The van der Waals surface area contributed by atoms with Crippen LogP contribution in [-0.4, -0.2) is 17.0 Å². The SMILES string of the molecule is CC(Oc1ccccc1C(C)C)C(=O)Nc1ccc(-c2csc(-c3ccccc3)n2)cc1. The fourth-order valence-corrected chi connectivity index (χ4v) is 4.23. The lowest BCUT2D eigenvalue weighted by molar-refractivity contribution is -0.122. The molecular weight excluding hydrogens is 416 g/mol. The van der Waals surface area contributed by atoms with E-state index in [1.54, 1.807) is 18.3 Å². The topological polar surface area (TPSA) is 51.2 Å². The minimum absolute atomic E-state index is 0.184. The van der Waals surface area contributed by atoms with E-state index in [0.717, 1.165) is 38.8 Å². The number of hydrogen-bond donors (Lipinski definition) is 1. The maximum atomic E-state index is 12.7. The third-order valence-electron chi connectivity index (χ3n) is 5.19. The molecule has 1 aromatic heterocycles. The van der Waals surface area contributed by atoms with E-state index in [9.17, 15) is 4.79 Å². The Bertz CT molecular complexity index is 1180. The second kappa shape index (κ2) is 9.79. The van der Waals surface area contributed by atoms with Crippen molar-refractivity contribution in [3.8, 4) is 27.6 Å². The summed E-state index contributed by atoms with van der Waals surface area (Å²) in [6.45, 7) is 5.99. The third kappa shape index (κ3) is 5.06. The Labute approximate surface area is 192 Å². The van der Waals surface area contributed by atoms with E-state index >= 15 is 0 Å². The van der Waals surface area contributed by atoms with Gasteiger partial charge >= 0.3 is 0 Å². The minimum atomic E-state index is -0.610. The summed E-state index contributed by atoms with van der Waals surface area (Å²) in [6.07, 6.45) is -0.610. The number of hydrogen-bond acceptors (Lipinski definition) is 4. The Morgan fingerprint density at radius 3 is 2.28 bits per heavy atom. The van der Waals surface area contributed by atoms with Crippen molar-refractivity contribution in [2.45, 2.75) is 32.8 Å². The van der Waals surface area contributed by atoms with Crippen molar-refractivity contribution >= 4 is 22.9 Å². The lowest BCUT2D eigenvalue weighted by Crippen LogP contribution is -2.30. The van der Waals surface area contributed by atoms with Crippen molar-refractivity contribution in [1.82, 2.24) is 4.98 Å². The maximum Gasteiger partial charge on any atom is 0.265 e. The predicted molar refractivity (Wildman–Crippen MR) is 132 cm³/mol. The summed E-state index contributed by atoms with van der Waals surface area (Å²) >= 11 is 1.62. The molecule has 32 heavy (non-hydrogen) atoms. The molecule has 1 N–H and O–H groups in total. The first kappa shape index (κ1) is 21.8. The summed E-state index contributed by atoms with van der Waals surface area (Å²) in [5.41, 5.74) is 4.87. The van der Waals surface area contributed by atoms with Crippen LogP contribution in [0.1, 0.15) is 32.3 Å². The van der Waals surface area contributed by atoms with Gasteiger partial charge in [-0.1, -0.05) is 74.5 Å². The van der Waals surface area contributed by atoms with Crippen molar-refractivity contribution in [3.05, 3.63) is 89.8 Å². The van der Waals surface area contributed by atoms with Gasteiger partial charge in [-0.2, -0.15) is 0 Å². The fourth-order valence-electron chi connectivity index (χ4n) is 3.40. The number of carbonyl (C=O) groups excluding carboxylic acids is 1. The molecule has 162 valence electrons. The Kier molecular flexibility index (Phi) is 6.66. The molecule has 4 rings (SSSR count). The predicted octanol–water partition coefficient (Wildman–Crippen LogP) is 7.01. The number of para-hydroxylation sites is 1. The monoisotopic (exact) mass is 442 g/mol. The van der Waals surface area contributed by atoms with E-state index < -0.39 is 6.10 Å².